The Labute approximate surface area is 107 Å². The van der Waals surface area contributed by atoms with Gasteiger partial charge in [-0.2, -0.15) is 5.10 Å². The summed E-state index contributed by atoms with van der Waals surface area (Å²) in [6.45, 7) is 3.03. The fourth-order valence-electron chi connectivity index (χ4n) is 1.88. The molecule has 0 radical (unpaired) electrons. The van der Waals surface area contributed by atoms with Crippen LogP contribution in [0.1, 0.15) is 18.9 Å². The molecule has 1 aromatic heterocycles. The van der Waals surface area contributed by atoms with Gasteiger partial charge in [-0.25, -0.2) is 0 Å². The molecule has 0 fully saturated rings. The Hall–Kier alpha value is -1.65. The summed E-state index contributed by atoms with van der Waals surface area (Å²) in [7, 11) is 0. The van der Waals surface area contributed by atoms with Gasteiger partial charge in [-0.1, -0.05) is 30.3 Å². The van der Waals surface area contributed by atoms with Gasteiger partial charge in [0.2, 0.25) is 0 Å². The van der Waals surface area contributed by atoms with E-state index in [2.05, 4.69) is 34.6 Å². The van der Waals surface area contributed by atoms with Gasteiger partial charge in [0.1, 0.15) is 0 Å². The first-order valence-electron chi connectivity index (χ1n) is 6.23. The first kappa shape index (κ1) is 12.8. The smallest absolute Gasteiger partial charge is 0.0695 e. The van der Waals surface area contributed by atoms with Gasteiger partial charge in [-0.3, -0.25) is 5.10 Å². The van der Waals surface area contributed by atoms with Crippen molar-refractivity contribution in [3.8, 4) is 11.3 Å². The third-order valence-corrected chi connectivity index (χ3v) is 2.98. The molecular weight excluding hydrogens is 226 g/mol. The van der Waals surface area contributed by atoms with E-state index >= 15 is 0 Å². The Morgan fingerprint density at radius 3 is 2.83 bits per heavy atom. The SMILES string of the molecule is C[C@H](CCO)NCc1cn[nH]c1-c1ccccc1. The van der Waals surface area contributed by atoms with Crippen molar-refractivity contribution >= 4 is 0 Å². The van der Waals surface area contributed by atoms with Gasteiger partial charge in [-0.15, -0.1) is 0 Å². The lowest BCUT2D eigenvalue weighted by Crippen LogP contribution is -2.26. The van der Waals surface area contributed by atoms with Gasteiger partial charge < -0.3 is 10.4 Å². The molecule has 0 amide bonds. The molecule has 1 aromatic carbocycles. The summed E-state index contributed by atoms with van der Waals surface area (Å²) >= 11 is 0. The van der Waals surface area contributed by atoms with Crippen molar-refractivity contribution in [1.82, 2.24) is 15.5 Å². The number of H-pyrrole nitrogens is 1. The number of nitrogens with one attached hydrogen (secondary N) is 2. The van der Waals surface area contributed by atoms with E-state index < -0.39 is 0 Å². The van der Waals surface area contributed by atoms with E-state index in [9.17, 15) is 0 Å². The second-order valence-electron chi connectivity index (χ2n) is 4.43. The number of aliphatic hydroxyl groups is 1. The van der Waals surface area contributed by atoms with E-state index in [0.717, 1.165) is 29.8 Å². The topological polar surface area (TPSA) is 60.9 Å². The molecule has 3 N–H and O–H groups in total. The lowest BCUT2D eigenvalue weighted by Gasteiger charge is -2.12. The lowest BCUT2D eigenvalue weighted by molar-refractivity contribution is 0.268. The van der Waals surface area contributed by atoms with Gasteiger partial charge >= 0.3 is 0 Å². The Morgan fingerprint density at radius 1 is 1.33 bits per heavy atom. The third-order valence-electron chi connectivity index (χ3n) is 2.98. The Bertz CT molecular complexity index is 467. The molecule has 2 rings (SSSR count). The summed E-state index contributed by atoms with van der Waals surface area (Å²) in [5.41, 5.74) is 3.34. The van der Waals surface area contributed by atoms with Gasteiger partial charge in [-0.05, 0) is 18.9 Å². The molecule has 18 heavy (non-hydrogen) atoms. The highest BCUT2D eigenvalue weighted by Gasteiger charge is 2.08. The highest BCUT2D eigenvalue weighted by Crippen LogP contribution is 2.20. The molecule has 0 bridgehead atoms. The summed E-state index contributed by atoms with van der Waals surface area (Å²) in [6.07, 6.45) is 2.61. The zero-order chi connectivity index (χ0) is 12.8. The van der Waals surface area contributed by atoms with Crippen molar-refractivity contribution in [2.24, 2.45) is 0 Å². The zero-order valence-corrected chi connectivity index (χ0v) is 10.6. The third kappa shape index (κ3) is 3.18. The van der Waals surface area contributed by atoms with Crippen LogP contribution >= 0.6 is 0 Å². The van der Waals surface area contributed by atoms with Crippen molar-refractivity contribution in [3.63, 3.8) is 0 Å². The molecule has 0 saturated carbocycles. The summed E-state index contributed by atoms with van der Waals surface area (Å²) in [4.78, 5) is 0. The van der Waals surface area contributed by atoms with Gasteiger partial charge in [0.15, 0.2) is 0 Å². The van der Waals surface area contributed by atoms with Crippen molar-refractivity contribution < 1.29 is 5.11 Å². The van der Waals surface area contributed by atoms with Crippen molar-refractivity contribution in [2.45, 2.75) is 25.9 Å². The number of benzene rings is 1. The maximum absolute atomic E-state index is 8.87. The first-order valence-corrected chi connectivity index (χ1v) is 6.23. The van der Waals surface area contributed by atoms with E-state index in [-0.39, 0.29) is 6.61 Å². The van der Waals surface area contributed by atoms with Crippen LogP contribution in [0.3, 0.4) is 0 Å². The second kappa shape index (κ2) is 6.33. The maximum atomic E-state index is 8.87. The number of hydrogen-bond acceptors (Lipinski definition) is 3. The fourth-order valence-corrected chi connectivity index (χ4v) is 1.88. The maximum Gasteiger partial charge on any atom is 0.0695 e. The molecule has 4 heteroatoms. The highest BCUT2D eigenvalue weighted by molar-refractivity contribution is 5.62. The van der Waals surface area contributed by atoms with E-state index in [1.54, 1.807) is 0 Å². The van der Waals surface area contributed by atoms with Crippen LogP contribution in [-0.2, 0) is 6.54 Å². The number of aromatic nitrogens is 2. The molecule has 0 aliphatic heterocycles. The van der Waals surface area contributed by atoms with Crippen LogP contribution in [0.2, 0.25) is 0 Å². The summed E-state index contributed by atoms with van der Waals surface area (Å²) in [6, 6.07) is 10.5. The minimum Gasteiger partial charge on any atom is -0.396 e. The average Bonchev–Trinajstić information content (AvgIpc) is 2.86. The number of rotatable bonds is 6. The van der Waals surface area contributed by atoms with E-state index in [4.69, 9.17) is 5.11 Å². The van der Waals surface area contributed by atoms with E-state index in [1.165, 1.54) is 0 Å². The monoisotopic (exact) mass is 245 g/mol. The largest absolute Gasteiger partial charge is 0.396 e. The number of aromatic amines is 1. The molecule has 2 aromatic rings. The van der Waals surface area contributed by atoms with Gasteiger partial charge in [0.25, 0.3) is 0 Å². The fraction of sp³-hybridized carbons (Fsp3) is 0.357. The van der Waals surface area contributed by atoms with Gasteiger partial charge in [0, 0.05) is 24.8 Å². The van der Waals surface area contributed by atoms with Crippen LogP contribution in [0.5, 0.6) is 0 Å². The van der Waals surface area contributed by atoms with Crippen molar-refractivity contribution in [1.29, 1.82) is 0 Å². The summed E-state index contributed by atoms with van der Waals surface area (Å²) < 4.78 is 0. The van der Waals surface area contributed by atoms with Crippen LogP contribution in [0, 0.1) is 0 Å². The number of nitrogens with zero attached hydrogens (tertiary/aromatic N) is 1. The molecule has 0 saturated heterocycles. The van der Waals surface area contributed by atoms with Crippen LogP contribution in [-0.4, -0.2) is 28.0 Å². The molecule has 1 heterocycles. The van der Waals surface area contributed by atoms with Crippen molar-refractivity contribution in [2.75, 3.05) is 6.61 Å². The molecule has 0 aliphatic rings. The molecule has 1 atom stereocenters. The number of hydrogen-bond donors (Lipinski definition) is 3. The predicted molar refractivity (Wildman–Crippen MR) is 72.0 cm³/mol. The van der Waals surface area contributed by atoms with Crippen molar-refractivity contribution in [3.05, 3.63) is 42.1 Å². The van der Waals surface area contributed by atoms with Crippen LogP contribution in [0.25, 0.3) is 11.3 Å². The Balaban J connectivity index is 2.05. The molecule has 0 spiro atoms. The summed E-state index contributed by atoms with van der Waals surface area (Å²) in [5, 5.41) is 19.4. The molecule has 0 unspecified atom stereocenters. The van der Waals surface area contributed by atoms with E-state index in [1.807, 2.05) is 24.4 Å². The first-order chi connectivity index (χ1) is 8.81. The minimum absolute atomic E-state index is 0.213. The standard InChI is InChI=1S/C14H19N3O/c1-11(7-8-18)15-9-13-10-16-17-14(13)12-5-3-2-4-6-12/h2-6,10-11,15,18H,7-9H2,1H3,(H,16,17)/t11-/m1/s1. The van der Waals surface area contributed by atoms with Crippen LogP contribution in [0.15, 0.2) is 36.5 Å². The Kier molecular flexibility index (Phi) is 4.50. The average molecular weight is 245 g/mol. The molecule has 96 valence electrons. The highest BCUT2D eigenvalue weighted by atomic mass is 16.3. The zero-order valence-electron chi connectivity index (χ0n) is 10.6. The molecule has 0 aliphatic carbocycles. The Morgan fingerprint density at radius 2 is 2.11 bits per heavy atom. The van der Waals surface area contributed by atoms with Crippen LogP contribution in [0.4, 0.5) is 0 Å². The molecule has 4 nitrogen and oxygen atoms in total. The normalized spacial score (nSPS) is 12.6. The predicted octanol–water partition coefficient (Wildman–Crippen LogP) is 1.94. The summed E-state index contributed by atoms with van der Waals surface area (Å²) in [5.74, 6) is 0. The number of aliphatic hydroxyl groups excluding tert-OH is 1. The quantitative estimate of drug-likeness (QED) is 0.729. The van der Waals surface area contributed by atoms with E-state index in [0.29, 0.717) is 6.04 Å². The minimum atomic E-state index is 0.213. The molecular formula is C14H19N3O. The second-order valence-corrected chi connectivity index (χ2v) is 4.43. The lowest BCUT2D eigenvalue weighted by atomic mass is 10.1. The van der Waals surface area contributed by atoms with Crippen LogP contribution < -0.4 is 5.32 Å². The van der Waals surface area contributed by atoms with Gasteiger partial charge in [0.05, 0.1) is 11.9 Å².